The predicted octanol–water partition coefficient (Wildman–Crippen LogP) is 5.10. The lowest BCUT2D eigenvalue weighted by Crippen LogP contribution is -2.25. The molecule has 0 aliphatic carbocycles. The van der Waals surface area contributed by atoms with Gasteiger partial charge < -0.3 is 0 Å². The van der Waals surface area contributed by atoms with Gasteiger partial charge in [-0.25, -0.2) is 9.89 Å². The molecule has 0 radical (unpaired) electrons. The van der Waals surface area contributed by atoms with Gasteiger partial charge in [0.15, 0.2) is 5.82 Å². The first-order valence-electron chi connectivity index (χ1n) is 12.0. The molecule has 36 heavy (non-hydrogen) atoms. The molecule has 0 unspecified atom stereocenters. The molecular formula is C27H26ClN7O. The quantitative estimate of drug-likeness (QED) is 0.320. The molecule has 0 aliphatic heterocycles. The highest BCUT2D eigenvalue weighted by atomic mass is 35.5. The number of rotatable bonds is 8. The van der Waals surface area contributed by atoms with Crippen molar-refractivity contribution in [3.8, 4) is 28.2 Å². The first kappa shape index (κ1) is 23.7. The molecule has 0 saturated heterocycles. The highest BCUT2D eigenvalue weighted by Crippen LogP contribution is 2.29. The minimum atomic E-state index is -0.0855. The number of aromatic amines is 1. The number of imidazole rings is 1. The van der Waals surface area contributed by atoms with E-state index < -0.39 is 0 Å². The van der Waals surface area contributed by atoms with Crippen LogP contribution in [0.4, 0.5) is 0 Å². The molecule has 2 aromatic carbocycles. The van der Waals surface area contributed by atoms with Gasteiger partial charge in [0.1, 0.15) is 0 Å². The van der Waals surface area contributed by atoms with E-state index in [2.05, 4.69) is 39.5 Å². The van der Waals surface area contributed by atoms with E-state index in [0.29, 0.717) is 17.4 Å². The van der Waals surface area contributed by atoms with Crippen LogP contribution >= 0.6 is 11.6 Å². The van der Waals surface area contributed by atoms with Gasteiger partial charge in [0.2, 0.25) is 0 Å². The van der Waals surface area contributed by atoms with Crippen molar-refractivity contribution in [2.24, 2.45) is 0 Å². The molecule has 0 aliphatic rings. The predicted molar refractivity (Wildman–Crippen MR) is 140 cm³/mol. The number of hydrogen-bond donors (Lipinski definition) is 1. The van der Waals surface area contributed by atoms with E-state index in [1.54, 1.807) is 17.0 Å². The largest absolute Gasteiger partial charge is 0.333 e. The Morgan fingerprint density at radius 2 is 1.86 bits per heavy atom. The normalized spacial score (nSPS) is 11.2. The van der Waals surface area contributed by atoms with Crippen molar-refractivity contribution in [1.29, 1.82) is 0 Å². The fourth-order valence-corrected chi connectivity index (χ4v) is 4.79. The Morgan fingerprint density at radius 3 is 2.58 bits per heavy atom. The SMILES string of the molecule is CCCc1cn(-c2c(Cl)cccc2CC)c(=O)n1Cc1ccc(-c2cnccc2-c2nnn[nH]2)cc1. The second-order valence-corrected chi connectivity index (χ2v) is 8.99. The van der Waals surface area contributed by atoms with E-state index in [1.807, 2.05) is 59.3 Å². The molecule has 9 heteroatoms. The molecule has 0 spiro atoms. The van der Waals surface area contributed by atoms with Crippen LogP contribution in [-0.4, -0.2) is 34.7 Å². The third-order valence-electron chi connectivity index (χ3n) is 6.29. The lowest BCUT2D eigenvalue weighted by molar-refractivity contribution is 0.691. The molecule has 0 saturated carbocycles. The third-order valence-corrected chi connectivity index (χ3v) is 6.59. The highest BCUT2D eigenvalue weighted by molar-refractivity contribution is 6.32. The summed E-state index contributed by atoms with van der Waals surface area (Å²) in [7, 11) is 0. The van der Waals surface area contributed by atoms with Crippen molar-refractivity contribution < 1.29 is 0 Å². The van der Waals surface area contributed by atoms with Crippen LogP contribution in [-0.2, 0) is 19.4 Å². The Balaban J connectivity index is 1.50. The zero-order valence-electron chi connectivity index (χ0n) is 20.1. The highest BCUT2D eigenvalue weighted by Gasteiger charge is 2.17. The van der Waals surface area contributed by atoms with Gasteiger partial charge >= 0.3 is 5.69 Å². The average molecular weight is 500 g/mol. The Bertz CT molecular complexity index is 1540. The van der Waals surface area contributed by atoms with E-state index in [1.165, 1.54) is 0 Å². The lowest BCUT2D eigenvalue weighted by Gasteiger charge is -2.10. The summed E-state index contributed by atoms with van der Waals surface area (Å²) in [6.07, 6.45) is 7.98. The van der Waals surface area contributed by atoms with Gasteiger partial charge in [0, 0.05) is 35.4 Å². The number of halogens is 1. The van der Waals surface area contributed by atoms with Gasteiger partial charge in [-0.05, 0) is 52.1 Å². The van der Waals surface area contributed by atoms with Crippen molar-refractivity contribution in [1.82, 2.24) is 34.7 Å². The van der Waals surface area contributed by atoms with Crippen molar-refractivity contribution in [3.05, 3.63) is 99.4 Å². The van der Waals surface area contributed by atoms with Gasteiger partial charge in [0.25, 0.3) is 0 Å². The van der Waals surface area contributed by atoms with Crippen LogP contribution < -0.4 is 5.69 Å². The fourth-order valence-electron chi connectivity index (χ4n) is 4.50. The summed E-state index contributed by atoms with van der Waals surface area (Å²) in [5, 5.41) is 14.8. The molecule has 5 aromatic rings. The van der Waals surface area contributed by atoms with Crippen molar-refractivity contribution in [2.75, 3.05) is 0 Å². The second kappa shape index (κ2) is 10.3. The van der Waals surface area contributed by atoms with Crippen LogP contribution in [0.2, 0.25) is 5.02 Å². The van der Waals surface area contributed by atoms with Crippen LogP contribution in [0.5, 0.6) is 0 Å². The molecular weight excluding hydrogens is 474 g/mol. The first-order valence-corrected chi connectivity index (χ1v) is 12.3. The molecule has 0 fully saturated rings. The number of H-pyrrole nitrogens is 1. The van der Waals surface area contributed by atoms with Gasteiger partial charge in [-0.2, -0.15) is 0 Å². The topological polar surface area (TPSA) is 94.3 Å². The molecule has 0 amide bonds. The fraction of sp³-hybridized carbons (Fsp3) is 0.222. The zero-order valence-corrected chi connectivity index (χ0v) is 20.9. The number of nitrogens with one attached hydrogen (secondary N) is 1. The van der Waals surface area contributed by atoms with Crippen LogP contribution in [0.3, 0.4) is 0 Å². The minimum Gasteiger partial charge on any atom is -0.292 e. The van der Waals surface area contributed by atoms with Crippen LogP contribution in [0, 0.1) is 0 Å². The number of aryl methyl sites for hydroxylation is 2. The summed E-state index contributed by atoms with van der Waals surface area (Å²) in [4.78, 5) is 17.9. The molecule has 3 heterocycles. The Labute approximate surface area is 213 Å². The smallest absolute Gasteiger partial charge is 0.292 e. The number of para-hydroxylation sites is 1. The molecule has 3 aromatic heterocycles. The third kappa shape index (κ3) is 4.47. The summed E-state index contributed by atoms with van der Waals surface area (Å²) < 4.78 is 3.55. The number of benzene rings is 2. The Morgan fingerprint density at radius 1 is 1.03 bits per heavy atom. The standard InChI is InChI=1S/C27H26ClN7O/c1-3-6-21-17-35(25-19(4-2)7-5-8-24(25)28)27(36)34(21)16-18-9-11-20(12-10-18)23-15-29-14-13-22(23)26-30-32-33-31-26/h5,7-15,17H,3-4,6,16H2,1-2H3,(H,30,31,32,33). The van der Waals surface area contributed by atoms with E-state index in [9.17, 15) is 4.79 Å². The van der Waals surface area contributed by atoms with Gasteiger partial charge in [-0.3, -0.25) is 14.1 Å². The summed E-state index contributed by atoms with van der Waals surface area (Å²) in [6, 6.07) is 15.8. The monoisotopic (exact) mass is 499 g/mol. The summed E-state index contributed by atoms with van der Waals surface area (Å²) in [5.74, 6) is 0.583. The summed E-state index contributed by atoms with van der Waals surface area (Å²) >= 11 is 6.55. The lowest BCUT2D eigenvalue weighted by atomic mass is 10.0. The first-order chi connectivity index (χ1) is 17.6. The number of tetrazole rings is 1. The van der Waals surface area contributed by atoms with Crippen LogP contribution in [0.15, 0.2) is 71.9 Å². The van der Waals surface area contributed by atoms with Crippen molar-refractivity contribution in [2.45, 2.75) is 39.7 Å². The summed E-state index contributed by atoms with van der Waals surface area (Å²) in [6.45, 7) is 4.65. The van der Waals surface area contributed by atoms with E-state index in [-0.39, 0.29) is 5.69 Å². The van der Waals surface area contributed by atoms with Crippen LogP contribution in [0.1, 0.15) is 37.1 Å². The Kier molecular flexibility index (Phi) is 6.77. The maximum atomic E-state index is 13.6. The molecule has 8 nitrogen and oxygen atoms in total. The average Bonchev–Trinajstić information content (AvgIpc) is 3.54. The van der Waals surface area contributed by atoms with Gasteiger partial charge in [-0.15, -0.1) is 5.10 Å². The number of hydrogen-bond acceptors (Lipinski definition) is 5. The van der Waals surface area contributed by atoms with E-state index in [4.69, 9.17) is 11.6 Å². The molecule has 0 bridgehead atoms. The summed E-state index contributed by atoms with van der Waals surface area (Å²) in [5.41, 5.74) is 6.51. The molecule has 5 rings (SSSR count). The maximum absolute atomic E-state index is 13.6. The van der Waals surface area contributed by atoms with Crippen molar-refractivity contribution >= 4 is 11.6 Å². The van der Waals surface area contributed by atoms with E-state index in [0.717, 1.165) is 58.5 Å². The maximum Gasteiger partial charge on any atom is 0.333 e. The number of aromatic nitrogens is 7. The molecule has 182 valence electrons. The van der Waals surface area contributed by atoms with Gasteiger partial charge in [-0.1, -0.05) is 68.3 Å². The Hall–Kier alpha value is -4.04. The zero-order chi connectivity index (χ0) is 25.1. The van der Waals surface area contributed by atoms with E-state index >= 15 is 0 Å². The second-order valence-electron chi connectivity index (χ2n) is 8.58. The minimum absolute atomic E-state index is 0.0855. The van der Waals surface area contributed by atoms with Gasteiger partial charge in [0.05, 0.1) is 17.3 Å². The molecule has 1 N–H and O–H groups in total. The number of pyridine rings is 1. The molecule has 0 atom stereocenters. The van der Waals surface area contributed by atoms with Crippen LogP contribution in [0.25, 0.3) is 28.2 Å². The van der Waals surface area contributed by atoms with Crippen molar-refractivity contribution in [3.63, 3.8) is 0 Å². The number of nitrogens with zero attached hydrogens (tertiary/aromatic N) is 6.